The van der Waals surface area contributed by atoms with Crippen LogP contribution >= 0.6 is 0 Å². The fourth-order valence-electron chi connectivity index (χ4n) is 0.459. The number of rotatable bonds is 6. The van der Waals surface area contributed by atoms with E-state index in [0.29, 0.717) is 12.4 Å². The molecule has 0 aliphatic rings. The van der Waals surface area contributed by atoms with Crippen LogP contribution in [0.1, 0.15) is 0 Å². The van der Waals surface area contributed by atoms with Crippen molar-refractivity contribution in [3.8, 4) is 0 Å². The van der Waals surface area contributed by atoms with Gasteiger partial charge >= 0.3 is 0 Å². The second-order valence-corrected chi connectivity index (χ2v) is 1.74. The molecule has 0 spiro atoms. The second kappa shape index (κ2) is 6.77. The van der Waals surface area contributed by atoms with Crippen LogP contribution in [-0.2, 0) is 0 Å². The Morgan fingerprint density at radius 1 is 1.45 bits per heavy atom. The van der Waals surface area contributed by atoms with E-state index in [2.05, 4.69) is 35.7 Å². The number of hydrazine groups is 1. The Kier molecular flexibility index (Phi) is 5.94. The summed E-state index contributed by atoms with van der Waals surface area (Å²) in [7, 11) is 0. The summed E-state index contributed by atoms with van der Waals surface area (Å²) in [5.41, 5.74) is 5.66. The van der Waals surface area contributed by atoms with Crippen LogP contribution in [0, 0.1) is 0 Å². The SMILES string of the molecule is C=C/C=C(\N=C)NNCC=C. The van der Waals surface area contributed by atoms with Crippen LogP contribution in [0.5, 0.6) is 0 Å². The lowest BCUT2D eigenvalue weighted by Gasteiger charge is -2.04. The van der Waals surface area contributed by atoms with Gasteiger partial charge in [-0.2, -0.15) is 0 Å². The molecule has 0 heterocycles. The molecule has 0 aromatic carbocycles. The van der Waals surface area contributed by atoms with E-state index >= 15 is 0 Å². The molecule has 0 rings (SSSR count). The van der Waals surface area contributed by atoms with Crippen molar-refractivity contribution in [3.63, 3.8) is 0 Å². The van der Waals surface area contributed by atoms with Crippen molar-refractivity contribution in [2.75, 3.05) is 6.54 Å². The molecule has 0 amide bonds. The largest absolute Gasteiger partial charge is 0.306 e. The van der Waals surface area contributed by atoms with Gasteiger partial charge in [0.15, 0.2) is 0 Å². The molecule has 0 saturated heterocycles. The van der Waals surface area contributed by atoms with Crippen molar-refractivity contribution in [3.05, 3.63) is 37.2 Å². The minimum absolute atomic E-state index is 0.641. The molecule has 0 radical (unpaired) electrons. The van der Waals surface area contributed by atoms with E-state index in [4.69, 9.17) is 0 Å². The second-order valence-electron chi connectivity index (χ2n) is 1.74. The van der Waals surface area contributed by atoms with Gasteiger partial charge < -0.3 is 5.43 Å². The molecule has 11 heavy (non-hydrogen) atoms. The average molecular weight is 151 g/mol. The first-order valence-corrected chi connectivity index (χ1v) is 3.24. The highest BCUT2D eigenvalue weighted by Crippen LogP contribution is 1.86. The van der Waals surface area contributed by atoms with Gasteiger partial charge in [-0.15, -0.1) is 6.58 Å². The lowest BCUT2D eigenvalue weighted by Crippen LogP contribution is -2.30. The maximum absolute atomic E-state index is 3.68. The van der Waals surface area contributed by atoms with E-state index in [1.54, 1.807) is 18.2 Å². The molecular formula is C8H13N3. The van der Waals surface area contributed by atoms with Crippen molar-refractivity contribution < 1.29 is 0 Å². The third kappa shape index (κ3) is 5.11. The van der Waals surface area contributed by atoms with Gasteiger partial charge in [0.05, 0.1) is 0 Å². The molecule has 0 saturated carbocycles. The number of nitrogens with one attached hydrogen (secondary N) is 2. The minimum atomic E-state index is 0.641. The molecule has 0 aromatic rings. The molecule has 0 aromatic heterocycles. The number of allylic oxidation sites excluding steroid dienone is 2. The Labute approximate surface area is 67.2 Å². The maximum atomic E-state index is 3.68. The molecule has 60 valence electrons. The van der Waals surface area contributed by atoms with Gasteiger partial charge in [-0.3, -0.25) is 0 Å². The molecule has 3 heteroatoms. The predicted molar refractivity (Wildman–Crippen MR) is 49.2 cm³/mol. The normalized spacial score (nSPS) is 10.4. The van der Waals surface area contributed by atoms with Crippen LogP contribution in [0.2, 0.25) is 0 Å². The van der Waals surface area contributed by atoms with Gasteiger partial charge in [0.1, 0.15) is 5.82 Å². The number of nitrogens with zero attached hydrogens (tertiary/aromatic N) is 1. The van der Waals surface area contributed by atoms with Crippen LogP contribution < -0.4 is 10.9 Å². The van der Waals surface area contributed by atoms with E-state index in [1.807, 2.05) is 0 Å². The van der Waals surface area contributed by atoms with Gasteiger partial charge in [-0.25, -0.2) is 10.4 Å². The van der Waals surface area contributed by atoms with Gasteiger partial charge in [-0.1, -0.05) is 18.7 Å². The first-order valence-electron chi connectivity index (χ1n) is 3.24. The Bertz CT molecular complexity index is 170. The molecule has 0 fully saturated rings. The monoisotopic (exact) mass is 151 g/mol. The van der Waals surface area contributed by atoms with E-state index in [-0.39, 0.29) is 0 Å². The van der Waals surface area contributed by atoms with E-state index in [9.17, 15) is 0 Å². The highest BCUT2D eigenvalue weighted by Gasteiger charge is 1.84. The van der Waals surface area contributed by atoms with Gasteiger partial charge in [-0.05, 0) is 12.8 Å². The van der Waals surface area contributed by atoms with Crippen LogP contribution in [0.15, 0.2) is 42.2 Å². The topological polar surface area (TPSA) is 36.4 Å². The van der Waals surface area contributed by atoms with Crippen molar-refractivity contribution in [1.82, 2.24) is 10.9 Å². The summed E-state index contributed by atoms with van der Waals surface area (Å²) >= 11 is 0. The summed E-state index contributed by atoms with van der Waals surface area (Å²) < 4.78 is 0. The van der Waals surface area contributed by atoms with Gasteiger partial charge in [0.25, 0.3) is 0 Å². The average Bonchev–Trinajstić information content (AvgIpc) is 2.03. The van der Waals surface area contributed by atoms with E-state index in [1.165, 1.54) is 0 Å². The van der Waals surface area contributed by atoms with Crippen molar-refractivity contribution in [2.24, 2.45) is 4.99 Å². The lowest BCUT2D eigenvalue weighted by atomic mass is 10.5. The highest BCUT2D eigenvalue weighted by molar-refractivity contribution is 5.29. The van der Waals surface area contributed by atoms with Gasteiger partial charge in [0, 0.05) is 6.54 Å². The molecule has 0 unspecified atom stereocenters. The molecule has 0 bridgehead atoms. The number of hydrogen-bond acceptors (Lipinski definition) is 3. The summed E-state index contributed by atoms with van der Waals surface area (Å²) in [6, 6.07) is 0. The highest BCUT2D eigenvalue weighted by atomic mass is 15.4. The molecule has 2 N–H and O–H groups in total. The minimum Gasteiger partial charge on any atom is -0.306 e. The Morgan fingerprint density at radius 2 is 2.18 bits per heavy atom. The zero-order valence-corrected chi connectivity index (χ0v) is 6.51. The molecule has 3 nitrogen and oxygen atoms in total. The summed E-state index contributed by atoms with van der Waals surface area (Å²) in [5, 5.41) is 0. The van der Waals surface area contributed by atoms with Crippen molar-refractivity contribution in [1.29, 1.82) is 0 Å². The fourth-order valence-corrected chi connectivity index (χ4v) is 0.459. The fraction of sp³-hybridized carbons (Fsp3) is 0.125. The summed E-state index contributed by atoms with van der Waals surface area (Å²) in [6.07, 6.45) is 5.08. The van der Waals surface area contributed by atoms with E-state index in [0.717, 1.165) is 0 Å². The Hall–Kier alpha value is -1.35. The molecular weight excluding hydrogens is 138 g/mol. The Morgan fingerprint density at radius 3 is 2.64 bits per heavy atom. The molecule has 0 aliphatic heterocycles. The Balaban J connectivity index is 3.69. The first-order chi connectivity index (χ1) is 5.35. The number of hydrogen-bond donors (Lipinski definition) is 2. The van der Waals surface area contributed by atoms with Crippen LogP contribution in [0.3, 0.4) is 0 Å². The van der Waals surface area contributed by atoms with Crippen LogP contribution in [0.4, 0.5) is 0 Å². The smallest absolute Gasteiger partial charge is 0.139 e. The van der Waals surface area contributed by atoms with Crippen LogP contribution in [0.25, 0.3) is 0 Å². The lowest BCUT2D eigenvalue weighted by molar-refractivity contribution is 0.644. The molecule has 0 atom stereocenters. The standard InChI is InChI=1S/C8H13N3/c1-4-6-8(9-3)11-10-7-5-2/h4-6,10-11H,1-3,7H2/b8-6+. The van der Waals surface area contributed by atoms with Gasteiger partial charge in [0.2, 0.25) is 0 Å². The van der Waals surface area contributed by atoms with Crippen LogP contribution in [-0.4, -0.2) is 13.3 Å². The van der Waals surface area contributed by atoms with Crippen molar-refractivity contribution in [2.45, 2.75) is 0 Å². The first kappa shape index (κ1) is 9.65. The summed E-state index contributed by atoms with van der Waals surface area (Å²) in [4.78, 5) is 3.68. The maximum Gasteiger partial charge on any atom is 0.139 e. The third-order valence-corrected chi connectivity index (χ3v) is 0.909. The quantitative estimate of drug-likeness (QED) is 0.195. The zero-order valence-electron chi connectivity index (χ0n) is 6.51. The number of aliphatic imine (C=N–C) groups is 1. The zero-order chi connectivity index (χ0) is 8.53. The molecule has 0 aliphatic carbocycles. The van der Waals surface area contributed by atoms with E-state index < -0.39 is 0 Å². The summed E-state index contributed by atoms with van der Waals surface area (Å²) in [5.74, 6) is 0.641. The third-order valence-electron chi connectivity index (χ3n) is 0.909. The predicted octanol–water partition coefficient (Wildman–Crippen LogP) is 0.995. The summed E-state index contributed by atoms with van der Waals surface area (Å²) in [6.45, 7) is 11.1. The van der Waals surface area contributed by atoms with Crippen molar-refractivity contribution >= 4 is 6.72 Å².